The Kier molecular flexibility index (Phi) is 5.34. The van der Waals surface area contributed by atoms with Crippen molar-refractivity contribution in [2.75, 3.05) is 11.5 Å². The van der Waals surface area contributed by atoms with E-state index in [9.17, 15) is 14.6 Å². The molecule has 6 nitrogen and oxygen atoms in total. The van der Waals surface area contributed by atoms with Gasteiger partial charge in [-0.05, 0) is 76.5 Å². The van der Waals surface area contributed by atoms with Gasteiger partial charge in [0.25, 0.3) is 0 Å². The third-order valence-corrected chi connectivity index (χ3v) is 7.81. The SMILES string of the molecule is C[C@]1(CCc2ccc3cc(Br)c(N)nc3c2)C[C@@H](n2ccc3c(N)ccc(F)c32)[C@H](O)[C@@H]1O. The molecule has 0 amide bonds. The number of fused-ring (bicyclic) bond motifs is 2. The fraction of sp³-hybridized carbons (Fsp3) is 0.320. The van der Waals surface area contributed by atoms with E-state index in [1.165, 1.54) is 12.1 Å². The predicted octanol–water partition coefficient (Wildman–Crippen LogP) is 4.56. The molecule has 0 saturated heterocycles. The van der Waals surface area contributed by atoms with Crippen molar-refractivity contribution < 1.29 is 14.6 Å². The zero-order valence-corrected chi connectivity index (χ0v) is 19.8. The maximum Gasteiger partial charge on any atom is 0.147 e. The van der Waals surface area contributed by atoms with Crippen molar-refractivity contribution in [3.05, 3.63) is 64.5 Å². The summed E-state index contributed by atoms with van der Waals surface area (Å²) < 4.78 is 17.1. The maximum absolute atomic E-state index is 14.6. The standard InChI is InChI=1S/C25H26BrFN4O2/c1-25(8-6-13-2-3-14-11-16(26)24(29)30-19(14)10-13)12-20(22(32)23(25)33)31-9-7-15-18(28)5-4-17(27)21(15)31/h2-5,7,9-11,20,22-23,32-33H,6,8,12,28H2,1H3,(H2,29,30)/t20-,22+,23+,25+/m1/s1. The first kappa shape index (κ1) is 22.1. The minimum atomic E-state index is -1.01. The summed E-state index contributed by atoms with van der Waals surface area (Å²) >= 11 is 3.40. The van der Waals surface area contributed by atoms with Crippen LogP contribution in [0.1, 0.15) is 31.4 Å². The highest BCUT2D eigenvalue weighted by molar-refractivity contribution is 9.10. The molecule has 1 aliphatic carbocycles. The zero-order valence-electron chi connectivity index (χ0n) is 18.2. The number of hydrogen-bond donors (Lipinski definition) is 4. The van der Waals surface area contributed by atoms with Gasteiger partial charge in [0.1, 0.15) is 17.7 Å². The topological polar surface area (TPSA) is 110 Å². The first-order valence-corrected chi connectivity index (χ1v) is 11.7. The normalized spacial score (nSPS) is 25.3. The summed E-state index contributed by atoms with van der Waals surface area (Å²) in [6, 6.07) is 12.2. The molecular weight excluding hydrogens is 487 g/mol. The molecular formula is C25H26BrFN4O2. The Labute approximate surface area is 199 Å². The van der Waals surface area contributed by atoms with Gasteiger partial charge in [0.15, 0.2) is 0 Å². The number of nitrogen functional groups attached to an aromatic ring is 2. The number of halogens is 2. The molecule has 1 saturated carbocycles. The number of anilines is 2. The molecule has 0 spiro atoms. The molecule has 0 unspecified atom stereocenters. The van der Waals surface area contributed by atoms with E-state index in [1.807, 2.05) is 31.2 Å². The second kappa shape index (κ2) is 7.97. The maximum atomic E-state index is 14.6. The van der Waals surface area contributed by atoms with E-state index in [1.54, 1.807) is 16.8 Å². The zero-order chi connectivity index (χ0) is 23.5. The monoisotopic (exact) mass is 512 g/mol. The number of benzene rings is 2. The van der Waals surface area contributed by atoms with E-state index >= 15 is 0 Å². The molecule has 4 atom stereocenters. The Morgan fingerprint density at radius 3 is 2.76 bits per heavy atom. The van der Waals surface area contributed by atoms with Crippen molar-refractivity contribution in [1.29, 1.82) is 0 Å². The Morgan fingerprint density at radius 2 is 1.97 bits per heavy atom. The lowest BCUT2D eigenvalue weighted by Gasteiger charge is -2.28. The van der Waals surface area contributed by atoms with E-state index in [4.69, 9.17) is 11.5 Å². The second-order valence-electron chi connectivity index (χ2n) is 9.37. The Morgan fingerprint density at radius 1 is 1.18 bits per heavy atom. The van der Waals surface area contributed by atoms with Crippen LogP contribution in [0.4, 0.5) is 15.9 Å². The lowest BCUT2D eigenvalue weighted by molar-refractivity contribution is -0.0241. The van der Waals surface area contributed by atoms with E-state index in [2.05, 4.69) is 20.9 Å². The lowest BCUT2D eigenvalue weighted by Crippen LogP contribution is -2.35. The van der Waals surface area contributed by atoms with Crippen molar-refractivity contribution in [1.82, 2.24) is 9.55 Å². The summed E-state index contributed by atoms with van der Waals surface area (Å²) in [5.41, 5.74) is 14.1. The minimum Gasteiger partial charge on any atom is -0.398 e. The number of aliphatic hydroxyl groups is 2. The van der Waals surface area contributed by atoms with Gasteiger partial charge < -0.3 is 26.2 Å². The van der Waals surface area contributed by atoms with Crippen molar-refractivity contribution in [2.24, 2.45) is 5.41 Å². The highest BCUT2D eigenvalue weighted by Crippen LogP contribution is 2.48. The van der Waals surface area contributed by atoms with Gasteiger partial charge in [0.05, 0.1) is 27.7 Å². The first-order valence-electron chi connectivity index (χ1n) is 10.9. The second-order valence-corrected chi connectivity index (χ2v) is 10.2. The highest BCUT2D eigenvalue weighted by Gasteiger charge is 2.50. The van der Waals surface area contributed by atoms with Crippen LogP contribution in [0.25, 0.3) is 21.8 Å². The summed E-state index contributed by atoms with van der Waals surface area (Å²) in [7, 11) is 0. The fourth-order valence-electron chi connectivity index (χ4n) is 5.18. The van der Waals surface area contributed by atoms with E-state index < -0.39 is 29.5 Å². The van der Waals surface area contributed by atoms with E-state index in [0.717, 1.165) is 20.9 Å². The number of nitrogens with zero attached hydrogens (tertiary/aromatic N) is 2. The van der Waals surface area contributed by atoms with E-state index in [-0.39, 0.29) is 0 Å². The lowest BCUT2D eigenvalue weighted by atomic mass is 9.80. The largest absolute Gasteiger partial charge is 0.398 e. The van der Waals surface area contributed by atoms with Gasteiger partial charge in [-0.3, -0.25) is 0 Å². The molecule has 172 valence electrons. The van der Waals surface area contributed by atoms with Crippen LogP contribution in [-0.2, 0) is 6.42 Å². The smallest absolute Gasteiger partial charge is 0.147 e. The number of aryl methyl sites for hydroxylation is 1. The molecule has 2 aromatic heterocycles. The quantitative estimate of drug-likeness (QED) is 0.299. The number of rotatable bonds is 4. The summed E-state index contributed by atoms with van der Waals surface area (Å²) in [6.45, 7) is 1.98. The molecule has 1 fully saturated rings. The van der Waals surface area contributed by atoms with Crippen molar-refractivity contribution in [3.8, 4) is 0 Å². The molecule has 2 heterocycles. The third-order valence-electron chi connectivity index (χ3n) is 7.17. The Balaban J connectivity index is 1.40. The number of aromatic nitrogens is 2. The molecule has 2 aromatic carbocycles. The van der Waals surface area contributed by atoms with Crippen molar-refractivity contribution in [2.45, 2.75) is 44.4 Å². The van der Waals surface area contributed by atoms with Gasteiger partial charge >= 0.3 is 0 Å². The Hall–Kier alpha value is -2.68. The van der Waals surface area contributed by atoms with Gasteiger partial charge in [0, 0.05) is 22.7 Å². The van der Waals surface area contributed by atoms with Gasteiger partial charge in [-0.2, -0.15) is 0 Å². The summed E-state index contributed by atoms with van der Waals surface area (Å²) in [5.74, 6) is 0.0460. The van der Waals surface area contributed by atoms with Crippen molar-refractivity contribution in [3.63, 3.8) is 0 Å². The molecule has 8 heteroatoms. The van der Waals surface area contributed by atoms with Crippen molar-refractivity contribution >= 4 is 49.2 Å². The van der Waals surface area contributed by atoms with Gasteiger partial charge in [-0.1, -0.05) is 19.1 Å². The number of pyridine rings is 1. The molecule has 1 aliphatic rings. The predicted molar refractivity (Wildman–Crippen MR) is 132 cm³/mol. The molecule has 0 radical (unpaired) electrons. The van der Waals surface area contributed by atoms with E-state index in [0.29, 0.717) is 41.7 Å². The summed E-state index contributed by atoms with van der Waals surface area (Å²) in [5, 5.41) is 23.5. The van der Waals surface area contributed by atoms with Crippen LogP contribution < -0.4 is 11.5 Å². The van der Waals surface area contributed by atoms with Crippen LogP contribution in [0, 0.1) is 11.2 Å². The fourth-order valence-corrected chi connectivity index (χ4v) is 5.52. The molecule has 0 aliphatic heterocycles. The average Bonchev–Trinajstić information content (AvgIpc) is 3.33. The van der Waals surface area contributed by atoms with Crippen LogP contribution >= 0.6 is 15.9 Å². The van der Waals surface area contributed by atoms with Crippen LogP contribution in [0.5, 0.6) is 0 Å². The van der Waals surface area contributed by atoms with Gasteiger partial charge in [0.2, 0.25) is 0 Å². The van der Waals surface area contributed by atoms with Gasteiger partial charge in [-0.15, -0.1) is 0 Å². The number of hydrogen-bond acceptors (Lipinski definition) is 5. The molecule has 33 heavy (non-hydrogen) atoms. The van der Waals surface area contributed by atoms with Gasteiger partial charge in [-0.25, -0.2) is 9.37 Å². The Bertz CT molecular complexity index is 1370. The van der Waals surface area contributed by atoms with Crippen LogP contribution in [0.15, 0.2) is 53.1 Å². The summed E-state index contributed by atoms with van der Waals surface area (Å²) in [4.78, 5) is 4.44. The molecule has 0 bridgehead atoms. The summed E-state index contributed by atoms with van der Waals surface area (Å²) in [6.07, 6.45) is 1.67. The van der Waals surface area contributed by atoms with Crippen LogP contribution in [-0.4, -0.2) is 32.0 Å². The first-order chi connectivity index (χ1) is 15.7. The third kappa shape index (κ3) is 3.66. The average molecular weight is 513 g/mol. The number of nitrogens with two attached hydrogens (primary N) is 2. The number of aliphatic hydroxyl groups excluding tert-OH is 2. The van der Waals surface area contributed by atoms with Crippen LogP contribution in [0.3, 0.4) is 0 Å². The molecule has 5 rings (SSSR count). The molecule has 4 aromatic rings. The minimum absolute atomic E-state index is 0.361. The molecule has 6 N–H and O–H groups in total. The highest BCUT2D eigenvalue weighted by atomic mass is 79.9. The van der Waals surface area contributed by atoms with Crippen LogP contribution in [0.2, 0.25) is 0 Å².